The van der Waals surface area contributed by atoms with Crippen LogP contribution >= 0.6 is 0 Å². The zero-order chi connectivity index (χ0) is 23.3. The lowest BCUT2D eigenvalue weighted by atomic mass is 10.1. The van der Waals surface area contributed by atoms with Crippen molar-refractivity contribution < 1.29 is 17.6 Å². The molecule has 4 aromatic rings. The van der Waals surface area contributed by atoms with Gasteiger partial charge in [-0.2, -0.15) is 0 Å². The van der Waals surface area contributed by atoms with Crippen LogP contribution in [0.5, 0.6) is 0 Å². The second-order valence-corrected chi connectivity index (χ2v) is 8.80. The third kappa shape index (κ3) is 5.57. The van der Waals surface area contributed by atoms with Crippen LogP contribution in [0.4, 0.5) is 15.8 Å². The van der Waals surface area contributed by atoms with Gasteiger partial charge in [-0.15, -0.1) is 5.10 Å². The number of tetrazole rings is 1. The Morgan fingerprint density at radius 3 is 2.24 bits per heavy atom. The van der Waals surface area contributed by atoms with Crippen molar-refractivity contribution >= 4 is 27.3 Å². The molecule has 0 radical (unpaired) electrons. The first-order valence-electron chi connectivity index (χ1n) is 9.86. The number of carbonyl (C=O) groups is 1. The summed E-state index contributed by atoms with van der Waals surface area (Å²) in [6.07, 6.45) is 1.76. The molecule has 0 spiro atoms. The van der Waals surface area contributed by atoms with Crippen LogP contribution in [0.25, 0.3) is 0 Å². The topological polar surface area (TPSA) is 119 Å². The molecule has 0 saturated carbocycles. The van der Waals surface area contributed by atoms with Crippen LogP contribution in [0.1, 0.15) is 11.6 Å². The van der Waals surface area contributed by atoms with Crippen LogP contribution in [0.15, 0.2) is 90.1 Å². The molecule has 1 heterocycles. The Hall–Kier alpha value is -4.12. The van der Waals surface area contributed by atoms with Crippen LogP contribution in [0.3, 0.4) is 0 Å². The van der Waals surface area contributed by atoms with Gasteiger partial charge in [0.05, 0.1) is 4.90 Å². The number of benzene rings is 3. The van der Waals surface area contributed by atoms with Crippen LogP contribution in [-0.4, -0.2) is 34.5 Å². The van der Waals surface area contributed by atoms with Crippen LogP contribution < -0.4 is 10.0 Å². The summed E-state index contributed by atoms with van der Waals surface area (Å²) in [6.45, 7) is 0. The first kappa shape index (κ1) is 22.1. The highest BCUT2D eigenvalue weighted by Gasteiger charge is 2.22. The Labute approximate surface area is 189 Å². The van der Waals surface area contributed by atoms with Gasteiger partial charge in [0.1, 0.15) is 18.2 Å². The number of nitrogens with zero attached hydrogens (tertiary/aromatic N) is 4. The summed E-state index contributed by atoms with van der Waals surface area (Å²) >= 11 is 0. The van der Waals surface area contributed by atoms with E-state index in [1.54, 1.807) is 12.1 Å². The predicted molar refractivity (Wildman–Crippen MR) is 119 cm³/mol. The second-order valence-electron chi connectivity index (χ2n) is 7.12. The minimum absolute atomic E-state index is 0.0634. The Morgan fingerprint density at radius 1 is 0.939 bits per heavy atom. The number of nitrogens with one attached hydrogen (secondary N) is 2. The average Bonchev–Trinajstić information content (AvgIpc) is 3.34. The third-order valence-corrected chi connectivity index (χ3v) is 6.18. The molecule has 1 atom stereocenters. The van der Waals surface area contributed by atoms with Crippen molar-refractivity contribution in [2.75, 3.05) is 10.0 Å². The highest BCUT2D eigenvalue weighted by molar-refractivity contribution is 7.92. The predicted octanol–water partition coefficient (Wildman–Crippen LogP) is 3.04. The van der Waals surface area contributed by atoms with E-state index in [1.807, 2.05) is 30.3 Å². The SMILES string of the molecule is O=C(Nc1ccc(NS(=O)(=O)c2ccc(F)cc2)cc1)C(Cc1ccccc1)n1cnnn1. The smallest absolute Gasteiger partial charge is 0.261 e. The lowest BCUT2D eigenvalue weighted by Gasteiger charge is -2.17. The summed E-state index contributed by atoms with van der Waals surface area (Å²) < 4.78 is 41.7. The van der Waals surface area contributed by atoms with E-state index in [2.05, 4.69) is 25.6 Å². The molecule has 11 heteroatoms. The van der Waals surface area contributed by atoms with Gasteiger partial charge < -0.3 is 5.32 Å². The van der Waals surface area contributed by atoms with Crippen molar-refractivity contribution in [2.45, 2.75) is 17.4 Å². The fourth-order valence-electron chi connectivity index (χ4n) is 3.13. The van der Waals surface area contributed by atoms with Crippen molar-refractivity contribution in [1.29, 1.82) is 0 Å². The number of anilines is 2. The molecule has 1 unspecified atom stereocenters. The molecule has 4 rings (SSSR count). The second kappa shape index (κ2) is 9.57. The number of carbonyl (C=O) groups excluding carboxylic acids is 1. The fraction of sp³-hybridized carbons (Fsp3) is 0.0909. The van der Waals surface area contributed by atoms with E-state index in [0.29, 0.717) is 17.8 Å². The van der Waals surface area contributed by atoms with Crippen molar-refractivity contribution in [3.05, 3.63) is 96.6 Å². The fourth-order valence-corrected chi connectivity index (χ4v) is 4.19. The molecule has 0 fully saturated rings. The number of hydrogen-bond acceptors (Lipinski definition) is 6. The molecule has 168 valence electrons. The molecule has 1 amide bonds. The molecule has 33 heavy (non-hydrogen) atoms. The quantitative estimate of drug-likeness (QED) is 0.412. The number of hydrogen-bond donors (Lipinski definition) is 2. The summed E-state index contributed by atoms with van der Waals surface area (Å²) in [5, 5.41) is 13.9. The van der Waals surface area contributed by atoms with Gasteiger partial charge in [-0.05, 0) is 64.5 Å². The zero-order valence-corrected chi connectivity index (χ0v) is 18.0. The molecular weight excluding hydrogens is 447 g/mol. The number of sulfonamides is 1. The largest absolute Gasteiger partial charge is 0.324 e. The van der Waals surface area contributed by atoms with E-state index in [-0.39, 0.29) is 10.8 Å². The molecule has 0 bridgehead atoms. The minimum atomic E-state index is -3.87. The summed E-state index contributed by atoms with van der Waals surface area (Å²) in [4.78, 5) is 12.9. The molecule has 1 aromatic heterocycles. The van der Waals surface area contributed by atoms with Gasteiger partial charge in [-0.1, -0.05) is 30.3 Å². The number of amides is 1. The van der Waals surface area contributed by atoms with E-state index < -0.39 is 21.9 Å². The normalized spacial score (nSPS) is 12.2. The Bertz CT molecular complexity index is 1310. The average molecular weight is 466 g/mol. The molecule has 0 saturated heterocycles. The Balaban J connectivity index is 1.46. The Morgan fingerprint density at radius 2 is 1.61 bits per heavy atom. The Kier molecular flexibility index (Phi) is 6.41. The number of rotatable bonds is 8. The van der Waals surface area contributed by atoms with Gasteiger partial charge in [-0.3, -0.25) is 9.52 Å². The van der Waals surface area contributed by atoms with E-state index in [4.69, 9.17) is 0 Å². The van der Waals surface area contributed by atoms with Crippen LogP contribution in [0.2, 0.25) is 0 Å². The molecule has 3 aromatic carbocycles. The van der Waals surface area contributed by atoms with E-state index in [9.17, 15) is 17.6 Å². The summed E-state index contributed by atoms with van der Waals surface area (Å²) in [5.41, 5.74) is 1.70. The summed E-state index contributed by atoms with van der Waals surface area (Å²) in [7, 11) is -3.87. The minimum Gasteiger partial charge on any atom is -0.324 e. The lowest BCUT2D eigenvalue weighted by molar-refractivity contribution is -0.119. The molecule has 9 nitrogen and oxygen atoms in total. The van der Waals surface area contributed by atoms with Crippen LogP contribution in [-0.2, 0) is 21.2 Å². The monoisotopic (exact) mass is 466 g/mol. The lowest BCUT2D eigenvalue weighted by Crippen LogP contribution is -2.28. The summed E-state index contributed by atoms with van der Waals surface area (Å²) in [5.74, 6) is -0.855. The first-order chi connectivity index (χ1) is 15.9. The maximum absolute atomic E-state index is 13.1. The molecule has 0 aliphatic carbocycles. The number of aromatic nitrogens is 4. The van der Waals surface area contributed by atoms with Crippen molar-refractivity contribution in [3.8, 4) is 0 Å². The van der Waals surface area contributed by atoms with E-state index in [0.717, 1.165) is 17.7 Å². The van der Waals surface area contributed by atoms with Crippen molar-refractivity contribution in [3.63, 3.8) is 0 Å². The van der Waals surface area contributed by atoms with Gasteiger partial charge in [0, 0.05) is 17.8 Å². The standard InChI is InChI=1S/C22H19FN6O3S/c23-17-6-12-20(13-7-17)33(31,32)26-19-10-8-18(9-11-19)25-22(30)21(29-15-24-27-28-29)14-16-4-2-1-3-5-16/h1-13,15,21,26H,14H2,(H,25,30). The molecule has 0 aliphatic heterocycles. The van der Waals surface area contributed by atoms with Crippen molar-refractivity contribution in [1.82, 2.24) is 20.2 Å². The van der Waals surface area contributed by atoms with E-state index >= 15 is 0 Å². The summed E-state index contributed by atoms with van der Waals surface area (Å²) in [6, 6.07) is 19.5. The highest BCUT2D eigenvalue weighted by Crippen LogP contribution is 2.21. The van der Waals surface area contributed by atoms with Gasteiger partial charge in [0.15, 0.2) is 0 Å². The first-order valence-corrected chi connectivity index (χ1v) is 11.3. The highest BCUT2D eigenvalue weighted by atomic mass is 32.2. The maximum atomic E-state index is 13.1. The third-order valence-electron chi connectivity index (χ3n) is 4.79. The van der Waals surface area contributed by atoms with Gasteiger partial charge >= 0.3 is 0 Å². The molecule has 2 N–H and O–H groups in total. The van der Waals surface area contributed by atoms with Crippen molar-refractivity contribution in [2.24, 2.45) is 0 Å². The molecular formula is C22H19FN6O3S. The van der Waals surface area contributed by atoms with Gasteiger partial charge in [-0.25, -0.2) is 17.5 Å². The zero-order valence-electron chi connectivity index (χ0n) is 17.2. The van der Waals surface area contributed by atoms with E-state index in [1.165, 1.54) is 35.3 Å². The molecule has 0 aliphatic rings. The number of halogens is 1. The van der Waals surface area contributed by atoms with Gasteiger partial charge in [0.2, 0.25) is 5.91 Å². The maximum Gasteiger partial charge on any atom is 0.261 e. The van der Waals surface area contributed by atoms with Crippen LogP contribution in [0, 0.1) is 5.82 Å². The van der Waals surface area contributed by atoms with Gasteiger partial charge in [0.25, 0.3) is 10.0 Å².